The van der Waals surface area contributed by atoms with Crippen molar-refractivity contribution in [2.45, 2.75) is 44.9 Å². The highest BCUT2D eigenvalue weighted by Gasteiger charge is 2.29. The number of hydrogen-bond donors (Lipinski definition) is 5. The first-order valence-corrected chi connectivity index (χ1v) is 16.9. The van der Waals surface area contributed by atoms with Crippen LogP contribution in [0.3, 0.4) is 0 Å². The maximum atomic E-state index is 13.6. The van der Waals surface area contributed by atoms with E-state index < -0.39 is 22.9 Å². The third-order valence-electron chi connectivity index (χ3n) is 6.82. The van der Waals surface area contributed by atoms with Gasteiger partial charge in [0.2, 0.25) is 0 Å². The summed E-state index contributed by atoms with van der Waals surface area (Å²) in [5.41, 5.74) is 2.89. The Balaban J connectivity index is 1.53. The molecule has 222 valence electrons. The van der Waals surface area contributed by atoms with Crippen LogP contribution in [0.4, 0.5) is 5.69 Å². The molecule has 0 radical (unpaired) electrons. The number of hydrogen-bond acceptors (Lipinski definition) is 7. The lowest BCUT2D eigenvalue weighted by Gasteiger charge is -2.47. The Morgan fingerprint density at radius 2 is 1.76 bits per heavy atom. The van der Waals surface area contributed by atoms with Gasteiger partial charge in [-0.3, -0.25) is 18.2 Å². The summed E-state index contributed by atoms with van der Waals surface area (Å²) in [6, 6.07) is 20.2. The quantitative estimate of drug-likeness (QED) is 0.149. The maximum absolute atomic E-state index is 13.6. The lowest BCUT2D eigenvalue weighted by molar-refractivity contribution is 0.0829. The molecule has 0 unspecified atom stereocenters. The number of anilines is 1. The number of halogens is 2. The second kappa shape index (κ2) is 14.9. The third-order valence-corrected chi connectivity index (χ3v) is 9.67. The molecule has 1 heterocycles. The maximum Gasteiger partial charge on any atom is 0.251 e. The average Bonchev–Trinajstić information content (AvgIpc) is 2.92. The zero-order valence-corrected chi connectivity index (χ0v) is 26.9. The van der Waals surface area contributed by atoms with Crippen molar-refractivity contribution in [3.05, 3.63) is 92.4 Å². The van der Waals surface area contributed by atoms with E-state index >= 15 is 0 Å². The molecular formula is C30H37Br2N3O5S. The van der Waals surface area contributed by atoms with E-state index in [-0.39, 0.29) is 12.5 Å². The van der Waals surface area contributed by atoms with Crippen LogP contribution in [-0.4, -0.2) is 57.7 Å². The van der Waals surface area contributed by atoms with Crippen LogP contribution in [0, 0.1) is 0 Å². The van der Waals surface area contributed by atoms with Gasteiger partial charge in [-0.05, 0) is 67.6 Å². The van der Waals surface area contributed by atoms with E-state index in [0.29, 0.717) is 48.9 Å². The van der Waals surface area contributed by atoms with Crippen LogP contribution < -0.4 is 19.7 Å². The molecule has 1 amide bonds. The van der Waals surface area contributed by atoms with Crippen LogP contribution in [0.2, 0.25) is 0 Å². The summed E-state index contributed by atoms with van der Waals surface area (Å²) in [6.07, 6.45) is 1.12. The van der Waals surface area contributed by atoms with Crippen molar-refractivity contribution in [2.75, 3.05) is 29.8 Å². The molecule has 4 rings (SSSR count). The fourth-order valence-electron chi connectivity index (χ4n) is 4.84. The number of benzene rings is 3. The summed E-state index contributed by atoms with van der Waals surface area (Å²) in [5, 5.41) is 17.6. The van der Waals surface area contributed by atoms with Crippen molar-refractivity contribution < 1.29 is 23.7 Å². The van der Waals surface area contributed by atoms with Gasteiger partial charge in [-0.15, -0.1) is 10.8 Å². The van der Waals surface area contributed by atoms with E-state index in [1.807, 2.05) is 55.5 Å². The SMILES string of the molecule is CCOc1cc(C(=O)N[C@@H](Cc2ccccc2)[C@@H](O)CNCc2cc(Br)cc(Br)c2)cc(N2CCCCS2(O)O)c1. The minimum Gasteiger partial charge on any atom is -0.494 e. The van der Waals surface area contributed by atoms with Crippen molar-refractivity contribution in [2.24, 2.45) is 0 Å². The number of carbonyl (C=O) groups excluding carboxylic acids is 1. The number of aliphatic hydroxyl groups is 1. The zero-order chi connectivity index (χ0) is 29.4. The van der Waals surface area contributed by atoms with Crippen LogP contribution in [0.15, 0.2) is 75.7 Å². The van der Waals surface area contributed by atoms with Gasteiger partial charge >= 0.3 is 0 Å². The fourth-order valence-corrected chi connectivity index (χ4v) is 7.90. The van der Waals surface area contributed by atoms with Gasteiger partial charge < -0.3 is 20.5 Å². The van der Waals surface area contributed by atoms with Gasteiger partial charge in [0.05, 0.1) is 30.2 Å². The van der Waals surface area contributed by atoms with E-state index in [4.69, 9.17) is 4.74 Å². The minimum absolute atomic E-state index is 0.265. The van der Waals surface area contributed by atoms with Crippen molar-refractivity contribution in [3.63, 3.8) is 0 Å². The number of carbonyl (C=O) groups is 1. The van der Waals surface area contributed by atoms with Crippen molar-refractivity contribution in [1.82, 2.24) is 10.6 Å². The summed E-state index contributed by atoms with van der Waals surface area (Å²) < 4.78 is 30.6. The van der Waals surface area contributed by atoms with Crippen LogP contribution in [0.5, 0.6) is 5.75 Å². The van der Waals surface area contributed by atoms with Crippen LogP contribution in [-0.2, 0) is 13.0 Å². The van der Waals surface area contributed by atoms with E-state index in [1.165, 1.54) is 0 Å². The largest absolute Gasteiger partial charge is 0.494 e. The van der Waals surface area contributed by atoms with Gasteiger partial charge in [-0.25, -0.2) is 0 Å². The molecule has 1 aliphatic heterocycles. The Morgan fingerprint density at radius 3 is 2.44 bits per heavy atom. The van der Waals surface area contributed by atoms with Crippen LogP contribution in [0.25, 0.3) is 0 Å². The van der Waals surface area contributed by atoms with Crippen molar-refractivity contribution in [1.29, 1.82) is 0 Å². The third kappa shape index (κ3) is 9.18. The first-order chi connectivity index (χ1) is 19.6. The topological polar surface area (TPSA) is 114 Å². The Labute approximate surface area is 260 Å². The van der Waals surface area contributed by atoms with Crippen molar-refractivity contribution in [3.8, 4) is 5.75 Å². The predicted molar refractivity (Wildman–Crippen MR) is 173 cm³/mol. The van der Waals surface area contributed by atoms with Gasteiger partial charge in [0.15, 0.2) is 0 Å². The minimum atomic E-state index is -2.97. The van der Waals surface area contributed by atoms with E-state index in [2.05, 4.69) is 42.5 Å². The number of aliphatic hydroxyl groups excluding tert-OH is 1. The average molecular weight is 712 g/mol. The number of ether oxygens (including phenoxy) is 1. The molecule has 0 aliphatic carbocycles. The normalized spacial score (nSPS) is 17.0. The molecule has 11 heteroatoms. The Morgan fingerprint density at radius 1 is 1.02 bits per heavy atom. The monoisotopic (exact) mass is 709 g/mol. The summed E-state index contributed by atoms with van der Waals surface area (Å²) in [7, 11) is -2.97. The molecule has 8 nitrogen and oxygen atoms in total. The van der Waals surface area contributed by atoms with Gasteiger partial charge in [0.1, 0.15) is 5.75 Å². The Hall–Kier alpha value is -2.12. The first kappa shape index (κ1) is 31.8. The molecular weight excluding hydrogens is 674 g/mol. The predicted octanol–water partition coefficient (Wildman–Crippen LogP) is 6.37. The summed E-state index contributed by atoms with van der Waals surface area (Å²) in [4.78, 5) is 13.6. The Bertz CT molecular complexity index is 1290. The molecule has 0 saturated carbocycles. The smallest absolute Gasteiger partial charge is 0.251 e. The van der Waals surface area contributed by atoms with Crippen molar-refractivity contribution >= 4 is 54.2 Å². The zero-order valence-electron chi connectivity index (χ0n) is 22.9. The lowest BCUT2D eigenvalue weighted by atomic mass is 10.00. The van der Waals surface area contributed by atoms with Gasteiger partial charge in [-0.1, -0.05) is 62.2 Å². The highest BCUT2D eigenvalue weighted by molar-refractivity contribution is 9.11. The van der Waals surface area contributed by atoms with Gasteiger partial charge in [-0.2, -0.15) is 0 Å². The number of rotatable bonds is 12. The van der Waals surface area contributed by atoms with Crippen LogP contribution in [0.1, 0.15) is 41.3 Å². The molecule has 2 atom stereocenters. The summed E-state index contributed by atoms with van der Waals surface area (Å²) in [6.45, 7) is 3.54. The number of amides is 1. The second-order valence-electron chi connectivity index (χ2n) is 10.0. The number of nitrogens with one attached hydrogen (secondary N) is 2. The van der Waals surface area contributed by atoms with Gasteiger partial charge in [0.25, 0.3) is 5.91 Å². The fraction of sp³-hybridized carbons (Fsp3) is 0.367. The van der Waals surface area contributed by atoms with Crippen LogP contribution >= 0.6 is 42.6 Å². The molecule has 3 aromatic rings. The second-order valence-corrected chi connectivity index (χ2v) is 14.0. The lowest BCUT2D eigenvalue weighted by Crippen LogP contribution is -2.48. The highest BCUT2D eigenvalue weighted by Crippen LogP contribution is 2.50. The highest BCUT2D eigenvalue weighted by atomic mass is 79.9. The molecule has 1 saturated heterocycles. The molecule has 0 bridgehead atoms. The molecule has 1 fully saturated rings. The Kier molecular flexibility index (Phi) is 11.5. The first-order valence-electron chi connectivity index (χ1n) is 13.6. The summed E-state index contributed by atoms with van der Waals surface area (Å²) >= 11 is 7.00. The molecule has 41 heavy (non-hydrogen) atoms. The van der Waals surface area contributed by atoms with E-state index in [9.17, 15) is 19.0 Å². The molecule has 0 spiro atoms. The number of nitrogens with zero attached hydrogens (tertiary/aromatic N) is 1. The molecule has 1 aliphatic rings. The molecule has 3 aromatic carbocycles. The molecule has 5 N–H and O–H groups in total. The molecule has 0 aromatic heterocycles. The van der Waals surface area contributed by atoms with Gasteiger partial charge in [0, 0.05) is 40.2 Å². The summed E-state index contributed by atoms with van der Waals surface area (Å²) in [5.74, 6) is 0.387. The van der Waals surface area contributed by atoms with E-state index in [0.717, 1.165) is 32.9 Å². The standard InChI is InChI=1S/C30H37Br2N3O5S/c1-2-40-27-16-23(15-26(18-27)35-10-6-7-11-41(35,38)39)30(37)34-28(14-21-8-4-3-5-9-21)29(36)20-33-19-22-12-24(31)17-25(32)13-22/h3-5,8-9,12-13,15-18,28-29,33,36,38-39H,2,6-7,10-11,14,19-20H2,1H3,(H,34,37)/t28-,29-/m0/s1. The van der Waals surface area contributed by atoms with E-state index in [1.54, 1.807) is 22.5 Å².